The second kappa shape index (κ2) is 6.15. The minimum Gasteiger partial charge on any atom is -0.389 e. The summed E-state index contributed by atoms with van der Waals surface area (Å²) in [5, 5.41) is 0. The number of hydrogen-bond donors (Lipinski definition) is 1. The fraction of sp³-hybridized carbons (Fsp3) is 0.154. The van der Waals surface area contributed by atoms with Gasteiger partial charge in [0.05, 0.1) is 17.0 Å². The lowest BCUT2D eigenvalue weighted by molar-refractivity contribution is 0.586. The monoisotopic (exact) mass is 323 g/mol. The van der Waals surface area contributed by atoms with Crippen LogP contribution in [-0.4, -0.2) is 28.7 Å². The van der Waals surface area contributed by atoms with Crippen LogP contribution < -0.4 is 11.3 Å². The number of aryl methyl sites for hydroxylation is 1. The van der Waals surface area contributed by atoms with Crippen LogP contribution in [0.15, 0.2) is 52.5 Å². The summed E-state index contributed by atoms with van der Waals surface area (Å²) in [6.45, 7) is 0.0477. The van der Waals surface area contributed by atoms with Gasteiger partial charge >= 0.3 is 0 Å². The summed E-state index contributed by atoms with van der Waals surface area (Å²) in [5.74, 6) is -0.189. The van der Waals surface area contributed by atoms with Gasteiger partial charge in [0.2, 0.25) is 0 Å². The molecule has 0 aliphatic heterocycles. The third kappa shape index (κ3) is 3.73. The van der Waals surface area contributed by atoms with Crippen LogP contribution >= 0.6 is 12.2 Å². The Morgan fingerprint density at radius 2 is 1.90 bits per heavy atom. The SMILES string of the molecule is NC(=S)c1ccc(S(=O)(=O)CCn2cnccc2=O)cc1. The second-order valence-electron chi connectivity index (χ2n) is 4.32. The quantitative estimate of drug-likeness (QED) is 0.798. The molecule has 2 aromatic rings. The Morgan fingerprint density at radius 1 is 1.24 bits per heavy atom. The molecule has 1 heterocycles. The predicted molar refractivity (Wildman–Crippen MR) is 82.9 cm³/mol. The molecular formula is C13H13N3O3S2. The zero-order chi connectivity index (χ0) is 15.5. The van der Waals surface area contributed by atoms with E-state index in [4.69, 9.17) is 18.0 Å². The van der Waals surface area contributed by atoms with E-state index in [9.17, 15) is 13.2 Å². The van der Waals surface area contributed by atoms with E-state index in [1.165, 1.54) is 35.3 Å². The number of aromatic nitrogens is 2. The molecule has 8 heteroatoms. The van der Waals surface area contributed by atoms with E-state index in [1.54, 1.807) is 12.1 Å². The van der Waals surface area contributed by atoms with Crippen molar-refractivity contribution in [3.8, 4) is 0 Å². The summed E-state index contributed by atoms with van der Waals surface area (Å²) >= 11 is 4.81. The maximum Gasteiger partial charge on any atom is 0.253 e. The van der Waals surface area contributed by atoms with E-state index < -0.39 is 9.84 Å². The Kier molecular flexibility index (Phi) is 4.49. The molecule has 0 amide bonds. The molecule has 0 saturated heterocycles. The Balaban J connectivity index is 2.17. The normalized spacial score (nSPS) is 11.2. The van der Waals surface area contributed by atoms with Gasteiger partial charge in [-0.05, 0) is 12.1 Å². The number of thiocarbonyl (C=S) groups is 1. The molecule has 0 radical (unpaired) electrons. The average Bonchev–Trinajstić information content (AvgIpc) is 2.46. The molecular weight excluding hydrogens is 310 g/mol. The van der Waals surface area contributed by atoms with Crippen molar-refractivity contribution in [2.75, 3.05) is 5.75 Å². The van der Waals surface area contributed by atoms with Crippen LogP contribution in [0.25, 0.3) is 0 Å². The van der Waals surface area contributed by atoms with Crippen molar-refractivity contribution in [1.29, 1.82) is 0 Å². The maximum atomic E-state index is 12.2. The number of nitrogens with zero attached hydrogens (tertiary/aromatic N) is 2. The maximum absolute atomic E-state index is 12.2. The van der Waals surface area contributed by atoms with Gasteiger partial charge in [-0.25, -0.2) is 13.4 Å². The van der Waals surface area contributed by atoms with E-state index in [2.05, 4.69) is 4.98 Å². The first-order valence-electron chi connectivity index (χ1n) is 6.03. The summed E-state index contributed by atoms with van der Waals surface area (Å²) in [4.78, 5) is 15.7. The molecule has 0 saturated carbocycles. The molecule has 6 nitrogen and oxygen atoms in total. The molecule has 0 aliphatic carbocycles. The topological polar surface area (TPSA) is 95.1 Å². The van der Waals surface area contributed by atoms with Crippen molar-refractivity contribution in [2.45, 2.75) is 11.4 Å². The molecule has 0 unspecified atom stereocenters. The third-order valence-electron chi connectivity index (χ3n) is 2.89. The minimum atomic E-state index is -3.49. The molecule has 1 aromatic heterocycles. The van der Waals surface area contributed by atoms with Crippen LogP contribution in [-0.2, 0) is 16.4 Å². The van der Waals surface area contributed by atoms with Crippen molar-refractivity contribution in [2.24, 2.45) is 5.73 Å². The lowest BCUT2D eigenvalue weighted by Gasteiger charge is -2.07. The second-order valence-corrected chi connectivity index (χ2v) is 6.87. The van der Waals surface area contributed by atoms with Gasteiger partial charge in [0, 0.05) is 24.4 Å². The number of sulfone groups is 1. The van der Waals surface area contributed by atoms with Crippen LogP contribution in [0.4, 0.5) is 0 Å². The lowest BCUT2D eigenvalue weighted by Crippen LogP contribution is -2.23. The highest BCUT2D eigenvalue weighted by atomic mass is 32.2. The Labute approximate surface area is 127 Å². The molecule has 21 heavy (non-hydrogen) atoms. The Morgan fingerprint density at radius 3 is 2.48 bits per heavy atom. The van der Waals surface area contributed by atoms with Crippen molar-refractivity contribution < 1.29 is 8.42 Å². The lowest BCUT2D eigenvalue weighted by atomic mass is 10.2. The Bertz CT molecular complexity index is 811. The molecule has 2 rings (SSSR count). The van der Waals surface area contributed by atoms with Gasteiger partial charge in [0.15, 0.2) is 9.84 Å². The summed E-state index contributed by atoms with van der Waals surface area (Å²) < 4.78 is 25.6. The largest absolute Gasteiger partial charge is 0.389 e. The fourth-order valence-electron chi connectivity index (χ4n) is 1.71. The number of nitrogens with two attached hydrogens (primary N) is 1. The molecule has 110 valence electrons. The van der Waals surface area contributed by atoms with Gasteiger partial charge in [-0.2, -0.15) is 0 Å². The molecule has 0 aliphatic rings. The van der Waals surface area contributed by atoms with Gasteiger partial charge < -0.3 is 5.73 Å². The summed E-state index contributed by atoms with van der Waals surface area (Å²) in [6, 6.07) is 7.31. The van der Waals surface area contributed by atoms with Gasteiger partial charge in [-0.3, -0.25) is 9.36 Å². The first-order valence-corrected chi connectivity index (χ1v) is 8.09. The van der Waals surface area contributed by atoms with Crippen molar-refractivity contribution >= 4 is 27.0 Å². The first-order chi connectivity index (χ1) is 9.90. The number of rotatable bonds is 5. The summed E-state index contributed by atoms with van der Waals surface area (Å²) in [6.07, 6.45) is 2.68. The van der Waals surface area contributed by atoms with Crippen LogP contribution in [0.3, 0.4) is 0 Å². The van der Waals surface area contributed by atoms with Gasteiger partial charge in [0.1, 0.15) is 4.99 Å². The van der Waals surface area contributed by atoms with Gasteiger partial charge in [-0.15, -0.1) is 0 Å². The predicted octanol–water partition coefficient (Wildman–Crippen LogP) is 0.351. The third-order valence-corrected chi connectivity index (χ3v) is 4.84. The van der Waals surface area contributed by atoms with Crippen molar-refractivity contribution in [3.63, 3.8) is 0 Å². The van der Waals surface area contributed by atoms with E-state index in [0.29, 0.717) is 5.56 Å². The van der Waals surface area contributed by atoms with E-state index in [-0.39, 0.29) is 27.7 Å². The fourth-order valence-corrected chi connectivity index (χ4v) is 3.07. The van der Waals surface area contributed by atoms with Crippen LogP contribution in [0.1, 0.15) is 5.56 Å². The molecule has 0 fully saturated rings. The molecule has 0 spiro atoms. The van der Waals surface area contributed by atoms with E-state index in [1.807, 2.05) is 0 Å². The molecule has 0 bridgehead atoms. The standard InChI is InChI=1S/C13H13N3O3S2/c14-13(20)10-1-3-11(4-2-10)21(18,19)8-7-16-9-15-6-5-12(16)17/h1-6,9H,7-8H2,(H2,14,20). The van der Waals surface area contributed by atoms with Gasteiger partial charge in [-0.1, -0.05) is 24.4 Å². The molecule has 1 aromatic carbocycles. The summed E-state index contributed by atoms with van der Waals surface area (Å²) in [5.41, 5.74) is 5.78. The average molecular weight is 323 g/mol. The van der Waals surface area contributed by atoms with Crippen LogP contribution in [0.5, 0.6) is 0 Å². The highest BCUT2D eigenvalue weighted by Gasteiger charge is 2.15. The zero-order valence-electron chi connectivity index (χ0n) is 11.0. The first kappa shape index (κ1) is 15.3. The number of hydrogen-bond acceptors (Lipinski definition) is 5. The van der Waals surface area contributed by atoms with E-state index in [0.717, 1.165) is 0 Å². The van der Waals surface area contributed by atoms with Gasteiger partial charge in [0.25, 0.3) is 5.56 Å². The van der Waals surface area contributed by atoms with Crippen molar-refractivity contribution in [3.05, 3.63) is 58.8 Å². The number of benzene rings is 1. The highest BCUT2D eigenvalue weighted by Crippen LogP contribution is 2.12. The Hall–Kier alpha value is -2.06. The molecule has 0 atom stereocenters. The summed E-state index contributed by atoms with van der Waals surface area (Å²) in [7, 11) is -3.49. The zero-order valence-corrected chi connectivity index (χ0v) is 12.6. The smallest absolute Gasteiger partial charge is 0.253 e. The van der Waals surface area contributed by atoms with Crippen LogP contribution in [0, 0.1) is 0 Å². The minimum absolute atomic E-state index is 0.0477. The van der Waals surface area contributed by atoms with E-state index >= 15 is 0 Å². The molecule has 2 N–H and O–H groups in total. The van der Waals surface area contributed by atoms with Crippen LogP contribution in [0.2, 0.25) is 0 Å². The van der Waals surface area contributed by atoms with Crippen molar-refractivity contribution in [1.82, 2.24) is 9.55 Å². The highest BCUT2D eigenvalue weighted by molar-refractivity contribution is 7.91.